The maximum absolute atomic E-state index is 11.7. The van der Waals surface area contributed by atoms with Crippen LogP contribution in [0.15, 0.2) is 70.5 Å². The highest BCUT2D eigenvalue weighted by molar-refractivity contribution is 7.99. The lowest BCUT2D eigenvalue weighted by Crippen LogP contribution is -2.13. The summed E-state index contributed by atoms with van der Waals surface area (Å²) in [6.45, 7) is 0.778. The molecule has 0 saturated heterocycles. The van der Waals surface area contributed by atoms with Crippen molar-refractivity contribution in [3.63, 3.8) is 0 Å². The Morgan fingerprint density at radius 1 is 1.00 bits per heavy atom. The van der Waals surface area contributed by atoms with Gasteiger partial charge in [-0.05, 0) is 24.3 Å². The third-order valence-corrected chi connectivity index (χ3v) is 4.07. The second kappa shape index (κ2) is 5.92. The van der Waals surface area contributed by atoms with Crippen molar-refractivity contribution < 1.29 is 0 Å². The molecular formula is C16H14N2OS. The van der Waals surface area contributed by atoms with E-state index in [4.69, 9.17) is 0 Å². The molecule has 100 valence electrons. The van der Waals surface area contributed by atoms with E-state index in [0.29, 0.717) is 0 Å². The van der Waals surface area contributed by atoms with Gasteiger partial charge in [0, 0.05) is 16.0 Å². The van der Waals surface area contributed by atoms with Crippen LogP contribution in [0.4, 0.5) is 0 Å². The van der Waals surface area contributed by atoms with Gasteiger partial charge in [0.25, 0.3) is 0 Å². The lowest BCUT2D eigenvalue weighted by atomic mass is 10.2. The molecule has 0 saturated carbocycles. The highest BCUT2D eigenvalue weighted by Crippen LogP contribution is 2.17. The van der Waals surface area contributed by atoms with E-state index in [1.165, 1.54) is 11.1 Å². The molecular weight excluding hydrogens is 268 g/mol. The summed E-state index contributed by atoms with van der Waals surface area (Å²) >= 11 is 1.79. The van der Waals surface area contributed by atoms with E-state index in [0.717, 1.165) is 23.2 Å². The largest absolute Gasteiger partial charge is 0.287 e. The van der Waals surface area contributed by atoms with E-state index in [1.54, 1.807) is 11.8 Å². The highest BCUT2D eigenvalue weighted by Gasteiger charge is 2.03. The molecule has 1 heterocycles. The highest BCUT2D eigenvalue weighted by atomic mass is 32.2. The normalized spacial score (nSPS) is 10.8. The predicted molar refractivity (Wildman–Crippen MR) is 83.2 cm³/mol. The van der Waals surface area contributed by atoms with Crippen molar-refractivity contribution >= 4 is 22.7 Å². The molecule has 0 fully saturated rings. The number of hydrogen-bond donors (Lipinski definition) is 0. The van der Waals surface area contributed by atoms with Gasteiger partial charge < -0.3 is 0 Å². The Labute approximate surface area is 121 Å². The van der Waals surface area contributed by atoms with Crippen LogP contribution in [0.5, 0.6) is 0 Å². The lowest BCUT2D eigenvalue weighted by Gasteiger charge is -2.08. The third-order valence-electron chi connectivity index (χ3n) is 3.08. The third kappa shape index (κ3) is 2.75. The Kier molecular flexibility index (Phi) is 3.83. The van der Waals surface area contributed by atoms with Crippen LogP contribution in [0.3, 0.4) is 0 Å². The molecule has 1 aromatic heterocycles. The Morgan fingerprint density at radius 2 is 1.75 bits per heavy atom. The predicted octanol–water partition coefficient (Wildman–Crippen LogP) is 3.19. The lowest BCUT2D eigenvalue weighted by molar-refractivity contribution is 0.675. The summed E-state index contributed by atoms with van der Waals surface area (Å²) < 4.78 is 1.90. The molecule has 0 aliphatic heterocycles. The van der Waals surface area contributed by atoms with Crippen molar-refractivity contribution in [3.05, 3.63) is 71.0 Å². The second-order valence-corrected chi connectivity index (χ2v) is 5.58. The van der Waals surface area contributed by atoms with Crippen molar-refractivity contribution in [2.45, 2.75) is 11.4 Å². The molecule has 0 radical (unpaired) electrons. The van der Waals surface area contributed by atoms with Gasteiger partial charge in [-0.3, -0.25) is 9.48 Å². The molecule has 0 bridgehead atoms. The summed E-state index contributed by atoms with van der Waals surface area (Å²) in [4.78, 5) is 13.0. The number of nitrogens with zero attached hydrogens (tertiary/aromatic N) is 2. The van der Waals surface area contributed by atoms with Crippen LogP contribution in [0.1, 0.15) is 0 Å². The van der Waals surface area contributed by atoms with Gasteiger partial charge in [0.2, 0.25) is 5.43 Å². The number of aryl methyl sites for hydroxylation is 1. The first-order valence-electron chi connectivity index (χ1n) is 6.47. The minimum Gasteiger partial charge on any atom is -0.287 e. The summed E-state index contributed by atoms with van der Waals surface area (Å²) in [7, 11) is 0. The van der Waals surface area contributed by atoms with Gasteiger partial charge in [-0.2, -0.15) is 5.10 Å². The standard InChI is InChI=1S/C16H14N2OS/c19-16-12-17-18(15-9-5-4-8-14(15)16)10-11-20-13-6-2-1-3-7-13/h1-9,12H,10-11H2. The molecule has 3 aromatic rings. The maximum atomic E-state index is 11.7. The number of rotatable bonds is 4. The summed E-state index contributed by atoms with van der Waals surface area (Å²) in [5.74, 6) is 0.921. The summed E-state index contributed by atoms with van der Waals surface area (Å²) in [6, 6.07) is 17.9. The van der Waals surface area contributed by atoms with Gasteiger partial charge >= 0.3 is 0 Å². The molecule has 0 aliphatic carbocycles. The molecule has 0 aliphatic rings. The molecule has 2 aromatic carbocycles. The van der Waals surface area contributed by atoms with Crippen molar-refractivity contribution in [3.8, 4) is 0 Å². The second-order valence-electron chi connectivity index (χ2n) is 4.41. The molecule has 0 unspecified atom stereocenters. The van der Waals surface area contributed by atoms with Crippen LogP contribution in [0.25, 0.3) is 10.9 Å². The fraction of sp³-hybridized carbons (Fsp3) is 0.125. The topological polar surface area (TPSA) is 34.9 Å². The monoisotopic (exact) mass is 282 g/mol. The molecule has 4 heteroatoms. The fourth-order valence-corrected chi connectivity index (χ4v) is 2.96. The van der Waals surface area contributed by atoms with Crippen LogP contribution >= 0.6 is 11.8 Å². The van der Waals surface area contributed by atoms with E-state index in [-0.39, 0.29) is 5.43 Å². The molecule has 0 amide bonds. The molecule has 3 nitrogen and oxygen atoms in total. The van der Waals surface area contributed by atoms with Crippen LogP contribution in [0.2, 0.25) is 0 Å². The minimum absolute atomic E-state index is 0.0208. The Bertz CT molecular complexity index is 768. The number of para-hydroxylation sites is 1. The van der Waals surface area contributed by atoms with E-state index in [1.807, 2.05) is 47.1 Å². The van der Waals surface area contributed by atoms with Gasteiger partial charge in [-0.1, -0.05) is 30.3 Å². The van der Waals surface area contributed by atoms with Crippen molar-refractivity contribution in [1.29, 1.82) is 0 Å². The number of benzene rings is 2. The summed E-state index contributed by atoms with van der Waals surface area (Å²) in [5.41, 5.74) is 0.876. The zero-order chi connectivity index (χ0) is 13.8. The first-order valence-corrected chi connectivity index (χ1v) is 7.46. The molecule has 20 heavy (non-hydrogen) atoms. The maximum Gasteiger partial charge on any atom is 0.207 e. The van der Waals surface area contributed by atoms with Gasteiger partial charge in [-0.15, -0.1) is 11.8 Å². The Morgan fingerprint density at radius 3 is 2.60 bits per heavy atom. The minimum atomic E-state index is -0.0208. The van der Waals surface area contributed by atoms with Crippen LogP contribution < -0.4 is 5.43 Å². The number of hydrogen-bond acceptors (Lipinski definition) is 3. The van der Waals surface area contributed by atoms with Gasteiger partial charge in [0.15, 0.2) is 0 Å². The van der Waals surface area contributed by atoms with E-state index >= 15 is 0 Å². The quantitative estimate of drug-likeness (QED) is 0.689. The first-order chi connectivity index (χ1) is 9.84. The Hall–Kier alpha value is -2.07. The van der Waals surface area contributed by atoms with Crippen molar-refractivity contribution in [1.82, 2.24) is 9.78 Å². The van der Waals surface area contributed by atoms with Gasteiger partial charge in [-0.25, -0.2) is 0 Å². The average Bonchev–Trinajstić information content (AvgIpc) is 2.51. The van der Waals surface area contributed by atoms with Crippen LogP contribution in [-0.4, -0.2) is 15.5 Å². The van der Waals surface area contributed by atoms with Gasteiger partial charge in [0.1, 0.15) is 0 Å². The molecule has 0 atom stereocenters. The SMILES string of the molecule is O=c1cnn(CCSc2ccccc2)c2ccccc12. The number of fused-ring (bicyclic) bond motifs is 1. The van der Waals surface area contributed by atoms with Crippen LogP contribution in [0, 0.1) is 0 Å². The summed E-state index contributed by atoms with van der Waals surface area (Å²) in [5, 5.41) is 4.96. The van der Waals surface area contributed by atoms with E-state index < -0.39 is 0 Å². The van der Waals surface area contributed by atoms with Crippen molar-refractivity contribution in [2.75, 3.05) is 5.75 Å². The van der Waals surface area contributed by atoms with E-state index in [9.17, 15) is 4.79 Å². The molecule has 0 spiro atoms. The van der Waals surface area contributed by atoms with Gasteiger partial charge in [0.05, 0.1) is 18.3 Å². The van der Waals surface area contributed by atoms with E-state index in [2.05, 4.69) is 17.2 Å². The average molecular weight is 282 g/mol. The fourth-order valence-electron chi connectivity index (χ4n) is 2.11. The van der Waals surface area contributed by atoms with Crippen LogP contribution in [-0.2, 0) is 6.54 Å². The summed E-state index contributed by atoms with van der Waals surface area (Å²) in [6.07, 6.45) is 1.40. The zero-order valence-electron chi connectivity index (χ0n) is 10.9. The van der Waals surface area contributed by atoms with Crippen molar-refractivity contribution in [2.24, 2.45) is 0 Å². The number of thioether (sulfide) groups is 1. The molecule has 3 rings (SSSR count). The Balaban J connectivity index is 1.78. The first kappa shape index (κ1) is 12.9. The molecule has 0 N–H and O–H groups in total. The number of aromatic nitrogens is 2. The smallest absolute Gasteiger partial charge is 0.207 e. The zero-order valence-corrected chi connectivity index (χ0v) is 11.7.